The summed E-state index contributed by atoms with van der Waals surface area (Å²) in [7, 11) is -2.32. The maximum absolute atomic E-state index is 12.7. The molecule has 14 heteroatoms. The molecule has 1 aliphatic heterocycles. The number of benzene rings is 1. The quantitative estimate of drug-likeness (QED) is 0.306. The average molecular weight is 500 g/mol. The van der Waals surface area contributed by atoms with Crippen LogP contribution in [0, 0.1) is 10.1 Å². The van der Waals surface area contributed by atoms with Crippen LogP contribution in [0.2, 0.25) is 0 Å². The van der Waals surface area contributed by atoms with E-state index < -0.39 is 33.4 Å². The Morgan fingerprint density at radius 1 is 1.24 bits per heavy atom. The fourth-order valence-electron chi connectivity index (χ4n) is 2.94. The summed E-state index contributed by atoms with van der Waals surface area (Å²) in [5.41, 5.74) is -0.187. The summed E-state index contributed by atoms with van der Waals surface area (Å²) < 4.78 is 41.9. The first kappa shape index (κ1) is 24.6. The van der Waals surface area contributed by atoms with Crippen molar-refractivity contribution < 1.29 is 37.1 Å². The minimum atomic E-state index is -3.66. The molecule has 0 radical (unpaired) electrons. The summed E-state index contributed by atoms with van der Waals surface area (Å²) in [4.78, 5) is 35.0. The number of carbonyl (C=O) groups excluding carboxylic acids is 2. The molecule has 2 heterocycles. The summed E-state index contributed by atoms with van der Waals surface area (Å²) >= 11 is 0.956. The molecule has 1 aromatic heterocycles. The molecule has 33 heavy (non-hydrogen) atoms. The van der Waals surface area contributed by atoms with Crippen molar-refractivity contribution in [3.63, 3.8) is 0 Å². The zero-order chi connectivity index (χ0) is 24.0. The molecule has 1 saturated heterocycles. The SMILES string of the molecule is COc1ccc([N+](=O)[O-])cc1NC(=O)COC(=O)Cc1ccc(S(=O)(=O)N2CCOCC2)s1. The number of nitro groups is 1. The lowest BCUT2D eigenvalue weighted by Gasteiger charge is -2.25. The normalized spacial score (nSPS) is 14.5. The molecular formula is C19H21N3O9S2. The van der Waals surface area contributed by atoms with Crippen molar-refractivity contribution in [1.29, 1.82) is 0 Å². The van der Waals surface area contributed by atoms with Crippen LogP contribution in [-0.4, -0.2) is 69.5 Å². The van der Waals surface area contributed by atoms with E-state index in [1.54, 1.807) is 0 Å². The Morgan fingerprint density at radius 3 is 2.64 bits per heavy atom. The number of anilines is 1. The smallest absolute Gasteiger partial charge is 0.311 e. The average Bonchev–Trinajstić information content (AvgIpc) is 3.27. The predicted octanol–water partition coefficient (Wildman–Crippen LogP) is 1.41. The summed E-state index contributed by atoms with van der Waals surface area (Å²) in [6.45, 7) is 0.557. The van der Waals surface area contributed by atoms with Crippen LogP contribution < -0.4 is 10.1 Å². The number of rotatable bonds is 9. The second-order valence-corrected chi connectivity index (χ2v) is 10.1. The van der Waals surface area contributed by atoms with Gasteiger partial charge in [-0.2, -0.15) is 4.31 Å². The molecule has 1 aliphatic rings. The molecule has 0 unspecified atom stereocenters. The van der Waals surface area contributed by atoms with Crippen molar-refractivity contribution in [3.8, 4) is 5.75 Å². The van der Waals surface area contributed by atoms with Gasteiger partial charge in [0.15, 0.2) is 6.61 Å². The van der Waals surface area contributed by atoms with Crippen molar-refractivity contribution in [2.45, 2.75) is 10.6 Å². The fraction of sp³-hybridized carbons (Fsp3) is 0.368. The van der Waals surface area contributed by atoms with Crippen LogP contribution in [0.5, 0.6) is 5.75 Å². The monoisotopic (exact) mass is 499 g/mol. The number of carbonyl (C=O) groups is 2. The van der Waals surface area contributed by atoms with Gasteiger partial charge in [-0.1, -0.05) is 0 Å². The Bertz CT molecular complexity index is 1140. The van der Waals surface area contributed by atoms with Gasteiger partial charge in [0, 0.05) is 30.1 Å². The number of hydrogen-bond acceptors (Lipinski definition) is 10. The minimum Gasteiger partial charge on any atom is -0.495 e. The highest BCUT2D eigenvalue weighted by molar-refractivity contribution is 7.91. The molecule has 0 aliphatic carbocycles. The van der Waals surface area contributed by atoms with Gasteiger partial charge < -0.3 is 19.5 Å². The third-order valence-corrected chi connectivity index (χ3v) is 8.00. The van der Waals surface area contributed by atoms with E-state index in [9.17, 15) is 28.1 Å². The number of hydrogen-bond donors (Lipinski definition) is 1. The van der Waals surface area contributed by atoms with Gasteiger partial charge in [0.2, 0.25) is 0 Å². The number of ether oxygens (including phenoxy) is 3. The molecule has 1 amide bonds. The van der Waals surface area contributed by atoms with E-state index in [0.29, 0.717) is 18.1 Å². The Kier molecular flexibility index (Phi) is 7.97. The standard InChI is InChI=1S/C19H21N3O9S2/c1-29-16-4-2-13(22(25)26)10-15(16)20-17(23)12-31-18(24)11-14-3-5-19(32-14)33(27,28)21-6-8-30-9-7-21/h2-5,10H,6-9,11-12H2,1H3,(H,20,23). The van der Waals surface area contributed by atoms with Gasteiger partial charge in [-0.25, -0.2) is 8.42 Å². The molecule has 1 N–H and O–H groups in total. The molecule has 1 fully saturated rings. The van der Waals surface area contributed by atoms with Gasteiger partial charge >= 0.3 is 5.97 Å². The number of nitro benzene ring substituents is 1. The van der Waals surface area contributed by atoms with Gasteiger partial charge in [-0.05, 0) is 18.2 Å². The number of nitrogens with one attached hydrogen (secondary N) is 1. The Morgan fingerprint density at radius 2 is 1.97 bits per heavy atom. The molecule has 2 aromatic rings. The second kappa shape index (κ2) is 10.7. The number of thiophene rings is 1. The number of amides is 1. The summed E-state index contributed by atoms with van der Waals surface area (Å²) in [5, 5.41) is 13.3. The highest BCUT2D eigenvalue weighted by atomic mass is 32.2. The van der Waals surface area contributed by atoms with Crippen LogP contribution >= 0.6 is 11.3 Å². The van der Waals surface area contributed by atoms with Crippen LogP contribution in [0.4, 0.5) is 11.4 Å². The lowest BCUT2D eigenvalue weighted by molar-refractivity contribution is -0.384. The van der Waals surface area contributed by atoms with E-state index in [1.807, 2.05) is 0 Å². The van der Waals surface area contributed by atoms with Crippen molar-refractivity contribution in [1.82, 2.24) is 4.31 Å². The van der Waals surface area contributed by atoms with Crippen molar-refractivity contribution >= 4 is 44.6 Å². The van der Waals surface area contributed by atoms with Crippen LogP contribution in [0.25, 0.3) is 0 Å². The third kappa shape index (κ3) is 6.25. The zero-order valence-electron chi connectivity index (χ0n) is 17.5. The minimum absolute atomic E-state index is 0.0592. The van der Waals surface area contributed by atoms with E-state index in [0.717, 1.165) is 17.4 Å². The van der Waals surface area contributed by atoms with E-state index in [4.69, 9.17) is 14.2 Å². The highest BCUT2D eigenvalue weighted by Crippen LogP contribution is 2.29. The molecule has 3 rings (SSSR count). The summed E-state index contributed by atoms with van der Waals surface area (Å²) in [6.07, 6.45) is -0.212. The lowest BCUT2D eigenvalue weighted by atomic mass is 10.2. The largest absolute Gasteiger partial charge is 0.495 e. The predicted molar refractivity (Wildman–Crippen MR) is 117 cm³/mol. The Labute approximate surface area is 193 Å². The van der Waals surface area contributed by atoms with E-state index in [2.05, 4.69) is 5.32 Å². The molecule has 0 spiro atoms. The highest BCUT2D eigenvalue weighted by Gasteiger charge is 2.28. The molecule has 0 atom stereocenters. The number of non-ortho nitro benzene ring substituents is 1. The maximum atomic E-state index is 12.7. The summed E-state index contributed by atoms with van der Waals surface area (Å²) in [6, 6.07) is 6.63. The molecule has 178 valence electrons. The van der Waals surface area contributed by atoms with Crippen molar-refractivity contribution in [2.75, 3.05) is 45.3 Å². The lowest BCUT2D eigenvalue weighted by Crippen LogP contribution is -2.40. The zero-order valence-corrected chi connectivity index (χ0v) is 19.1. The van der Waals surface area contributed by atoms with E-state index >= 15 is 0 Å². The van der Waals surface area contributed by atoms with Crippen LogP contribution in [-0.2, 0) is 35.5 Å². The molecule has 1 aromatic carbocycles. The van der Waals surface area contributed by atoms with Crippen molar-refractivity contribution in [2.24, 2.45) is 0 Å². The molecule has 12 nitrogen and oxygen atoms in total. The van der Waals surface area contributed by atoms with Gasteiger partial charge in [0.1, 0.15) is 9.96 Å². The van der Waals surface area contributed by atoms with Gasteiger partial charge in [0.05, 0.1) is 37.4 Å². The maximum Gasteiger partial charge on any atom is 0.311 e. The van der Waals surface area contributed by atoms with Gasteiger partial charge in [-0.3, -0.25) is 19.7 Å². The fourth-order valence-corrected chi connectivity index (χ4v) is 5.84. The van der Waals surface area contributed by atoms with Crippen LogP contribution in [0.15, 0.2) is 34.5 Å². The molecular weight excluding hydrogens is 478 g/mol. The topological polar surface area (TPSA) is 154 Å². The number of esters is 1. The summed E-state index contributed by atoms with van der Waals surface area (Å²) in [5.74, 6) is -1.25. The first-order valence-corrected chi connectivity index (χ1v) is 11.9. The first-order chi connectivity index (χ1) is 15.7. The number of nitrogens with zero attached hydrogens (tertiary/aromatic N) is 2. The van der Waals surface area contributed by atoms with Crippen LogP contribution in [0.1, 0.15) is 4.88 Å². The van der Waals surface area contributed by atoms with E-state index in [1.165, 1.54) is 35.7 Å². The number of methoxy groups -OCH3 is 1. The van der Waals surface area contributed by atoms with Crippen LogP contribution in [0.3, 0.4) is 0 Å². The third-order valence-electron chi connectivity index (χ3n) is 4.55. The van der Waals surface area contributed by atoms with Gasteiger partial charge in [0.25, 0.3) is 21.6 Å². The number of sulfonamides is 1. The number of morpholine rings is 1. The van der Waals surface area contributed by atoms with Crippen molar-refractivity contribution in [3.05, 3.63) is 45.3 Å². The van der Waals surface area contributed by atoms with Gasteiger partial charge in [-0.15, -0.1) is 11.3 Å². The second-order valence-electron chi connectivity index (χ2n) is 6.76. The molecule has 0 saturated carbocycles. The molecule has 0 bridgehead atoms. The Balaban J connectivity index is 1.54. The first-order valence-electron chi connectivity index (χ1n) is 9.65. The van der Waals surface area contributed by atoms with E-state index in [-0.39, 0.29) is 40.8 Å². The Hall–Kier alpha value is -3.07.